The fourth-order valence-electron chi connectivity index (χ4n) is 1.90. The van der Waals surface area contributed by atoms with Gasteiger partial charge >= 0.3 is 11.9 Å². The summed E-state index contributed by atoms with van der Waals surface area (Å²) in [6.07, 6.45) is 0.563. The van der Waals surface area contributed by atoms with E-state index in [1.807, 2.05) is 0 Å². The minimum Gasteiger partial charge on any atom is -0.508 e. The van der Waals surface area contributed by atoms with Crippen LogP contribution in [-0.2, 0) is 16.0 Å². The van der Waals surface area contributed by atoms with E-state index >= 15 is 0 Å². The lowest BCUT2D eigenvalue weighted by molar-refractivity contribution is -0.138. The van der Waals surface area contributed by atoms with E-state index in [1.54, 1.807) is 43.3 Å². The number of aryl methyl sites for hydroxylation is 1. The Hall–Kier alpha value is -3.02. The zero-order chi connectivity index (χ0) is 18.1. The molecule has 0 amide bonds. The van der Waals surface area contributed by atoms with Gasteiger partial charge < -0.3 is 20.4 Å². The molecule has 2 aromatic rings. The highest BCUT2D eigenvalue weighted by molar-refractivity contribution is 5.75. The number of phenols is 2. The molecular weight excluding hydrogens is 312 g/mol. The molecule has 0 heterocycles. The maximum absolute atomic E-state index is 10.5. The van der Waals surface area contributed by atoms with Gasteiger partial charge in [0, 0.05) is 6.42 Å². The van der Waals surface area contributed by atoms with E-state index in [0.717, 1.165) is 5.56 Å². The largest absolute Gasteiger partial charge is 0.508 e. The van der Waals surface area contributed by atoms with Crippen LogP contribution in [0.4, 0.5) is 0 Å². The summed E-state index contributed by atoms with van der Waals surface area (Å²) in [6.45, 7) is 1.58. The normalized spacial score (nSPS) is 11.0. The monoisotopic (exact) mass is 332 g/mol. The predicted molar refractivity (Wildman–Crippen MR) is 88.2 cm³/mol. The Labute approximate surface area is 139 Å². The fraction of sp³-hybridized carbons (Fsp3) is 0.222. The Bertz CT molecular complexity index is 695. The number of hydrogen-bond donors (Lipinski definition) is 4. The van der Waals surface area contributed by atoms with Crippen LogP contribution in [0.2, 0.25) is 0 Å². The zero-order valence-electron chi connectivity index (χ0n) is 13.2. The third kappa shape index (κ3) is 6.83. The highest BCUT2D eigenvalue weighted by atomic mass is 16.4. The first-order chi connectivity index (χ1) is 11.3. The summed E-state index contributed by atoms with van der Waals surface area (Å²) < 4.78 is 0. The minimum absolute atomic E-state index is 0.0978. The number of phenolic OH excluding ortho intramolecular Hbond substituents is 2. The Morgan fingerprint density at radius 3 is 2.04 bits per heavy atom. The molecule has 1 unspecified atom stereocenters. The van der Waals surface area contributed by atoms with Crippen molar-refractivity contribution >= 4 is 11.9 Å². The number of carbonyl (C=O) groups is 2. The highest BCUT2D eigenvalue weighted by Gasteiger charge is 2.13. The van der Waals surface area contributed by atoms with Gasteiger partial charge in [-0.3, -0.25) is 9.59 Å². The fourth-order valence-corrected chi connectivity index (χ4v) is 1.90. The molecule has 0 radical (unpaired) electrons. The average molecular weight is 332 g/mol. The van der Waals surface area contributed by atoms with Crippen LogP contribution < -0.4 is 0 Å². The number of aliphatic carboxylic acids is 2. The van der Waals surface area contributed by atoms with Crippen molar-refractivity contribution < 1.29 is 30.0 Å². The van der Waals surface area contributed by atoms with Crippen LogP contribution in [0.3, 0.4) is 0 Å². The molecule has 0 bridgehead atoms. The Balaban J connectivity index is 0.000000240. The molecule has 0 fully saturated rings. The van der Waals surface area contributed by atoms with E-state index in [0.29, 0.717) is 12.0 Å². The van der Waals surface area contributed by atoms with Crippen molar-refractivity contribution in [2.75, 3.05) is 0 Å². The van der Waals surface area contributed by atoms with Gasteiger partial charge in [0.1, 0.15) is 11.5 Å². The summed E-state index contributed by atoms with van der Waals surface area (Å²) in [7, 11) is 0. The Morgan fingerprint density at radius 2 is 1.54 bits per heavy atom. The van der Waals surface area contributed by atoms with Crippen molar-refractivity contribution in [2.45, 2.75) is 25.7 Å². The number of aromatic hydroxyl groups is 2. The summed E-state index contributed by atoms with van der Waals surface area (Å²) in [5.74, 6) is -2.01. The molecule has 128 valence electrons. The van der Waals surface area contributed by atoms with Crippen molar-refractivity contribution in [3.05, 3.63) is 59.7 Å². The molecule has 1 atom stereocenters. The molecule has 6 heteroatoms. The molecule has 24 heavy (non-hydrogen) atoms. The average Bonchev–Trinajstić information content (AvgIpc) is 2.53. The number of hydrogen-bond acceptors (Lipinski definition) is 4. The lowest BCUT2D eigenvalue weighted by atomic mass is 10.0. The third-order valence-corrected chi connectivity index (χ3v) is 3.28. The molecule has 2 rings (SSSR count). The van der Waals surface area contributed by atoms with Crippen LogP contribution in [0.5, 0.6) is 11.5 Å². The molecular formula is C18H20O6. The van der Waals surface area contributed by atoms with Gasteiger partial charge in [0.05, 0.1) is 5.92 Å². The van der Waals surface area contributed by atoms with Crippen molar-refractivity contribution in [3.8, 4) is 11.5 Å². The van der Waals surface area contributed by atoms with Gasteiger partial charge in [-0.2, -0.15) is 0 Å². The van der Waals surface area contributed by atoms with Gasteiger partial charge in [-0.05, 0) is 48.7 Å². The van der Waals surface area contributed by atoms with Crippen LogP contribution in [0.1, 0.15) is 30.4 Å². The van der Waals surface area contributed by atoms with Crippen molar-refractivity contribution in [1.29, 1.82) is 0 Å². The molecule has 0 aromatic heterocycles. The lowest BCUT2D eigenvalue weighted by Crippen LogP contribution is -2.06. The van der Waals surface area contributed by atoms with Gasteiger partial charge in [-0.15, -0.1) is 0 Å². The Kier molecular flexibility index (Phi) is 7.29. The summed E-state index contributed by atoms with van der Waals surface area (Å²) in [5.41, 5.74) is 1.46. The van der Waals surface area contributed by atoms with E-state index in [1.165, 1.54) is 12.1 Å². The topological polar surface area (TPSA) is 115 Å². The molecule has 4 N–H and O–H groups in total. The van der Waals surface area contributed by atoms with Gasteiger partial charge in [0.2, 0.25) is 0 Å². The third-order valence-electron chi connectivity index (χ3n) is 3.28. The van der Waals surface area contributed by atoms with Crippen LogP contribution in [0.15, 0.2) is 48.5 Å². The highest BCUT2D eigenvalue weighted by Crippen LogP contribution is 2.19. The number of carboxylic acids is 2. The van der Waals surface area contributed by atoms with Gasteiger partial charge in [0.15, 0.2) is 0 Å². The molecule has 0 aliphatic carbocycles. The van der Waals surface area contributed by atoms with Crippen molar-refractivity contribution in [2.24, 2.45) is 0 Å². The van der Waals surface area contributed by atoms with E-state index in [-0.39, 0.29) is 17.9 Å². The lowest BCUT2D eigenvalue weighted by Gasteiger charge is -2.05. The molecule has 0 saturated heterocycles. The van der Waals surface area contributed by atoms with Gasteiger partial charge in [0.25, 0.3) is 0 Å². The molecule has 6 nitrogen and oxygen atoms in total. The smallest absolute Gasteiger partial charge is 0.310 e. The second-order valence-electron chi connectivity index (χ2n) is 5.22. The van der Waals surface area contributed by atoms with Gasteiger partial charge in [-0.1, -0.05) is 24.3 Å². The van der Waals surface area contributed by atoms with Crippen molar-refractivity contribution in [3.63, 3.8) is 0 Å². The molecule has 0 aliphatic rings. The van der Waals surface area contributed by atoms with E-state index in [4.69, 9.17) is 20.4 Å². The van der Waals surface area contributed by atoms with E-state index < -0.39 is 17.9 Å². The molecule has 0 saturated carbocycles. The first kappa shape index (κ1) is 19.0. The molecule has 0 spiro atoms. The van der Waals surface area contributed by atoms with Gasteiger partial charge in [-0.25, -0.2) is 0 Å². The summed E-state index contributed by atoms with van der Waals surface area (Å²) in [4.78, 5) is 20.7. The molecule has 0 aliphatic heterocycles. The predicted octanol–water partition coefficient (Wildman–Crippen LogP) is 2.99. The number of benzene rings is 2. The summed E-state index contributed by atoms with van der Waals surface area (Å²) >= 11 is 0. The molecule has 2 aromatic carbocycles. The maximum Gasteiger partial charge on any atom is 0.310 e. The zero-order valence-corrected chi connectivity index (χ0v) is 13.2. The first-order valence-corrected chi connectivity index (χ1v) is 7.31. The Morgan fingerprint density at radius 1 is 0.958 bits per heavy atom. The van der Waals surface area contributed by atoms with Crippen LogP contribution >= 0.6 is 0 Å². The van der Waals surface area contributed by atoms with E-state index in [9.17, 15) is 9.59 Å². The summed E-state index contributed by atoms with van der Waals surface area (Å²) in [6, 6.07) is 12.9. The minimum atomic E-state index is -0.888. The second-order valence-corrected chi connectivity index (χ2v) is 5.22. The SMILES string of the molecule is CC(C(=O)O)c1cccc(O)c1.O=C(O)CCc1cccc(O)c1. The van der Waals surface area contributed by atoms with Crippen LogP contribution in [-0.4, -0.2) is 32.4 Å². The summed E-state index contributed by atoms with van der Waals surface area (Å²) in [5, 5.41) is 35.1. The van der Waals surface area contributed by atoms with Crippen LogP contribution in [0, 0.1) is 0 Å². The number of rotatable bonds is 5. The van der Waals surface area contributed by atoms with Crippen molar-refractivity contribution in [1.82, 2.24) is 0 Å². The standard InChI is InChI=1S/2C9H10O3/c1-6(9(11)12)7-3-2-4-8(10)5-7;10-8-3-1-2-7(6-8)4-5-9(11)12/h2-6,10H,1H3,(H,11,12);1-3,6,10H,4-5H2,(H,11,12). The quantitative estimate of drug-likeness (QED) is 0.669. The second kappa shape index (κ2) is 9.19. The van der Waals surface area contributed by atoms with E-state index in [2.05, 4.69) is 0 Å². The first-order valence-electron chi connectivity index (χ1n) is 7.31. The number of carboxylic acid groups (broad SMARTS) is 2. The van der Waals surface area contributed by atoms with Crippen LogP contribution in [0.25, 0.3) is 0 Å². The maximum atomic E-state index is 10.5.